The predicted octanol–water partition coefficient (Wildman–Crippen LogP) is 6.65. The Hall–Kier alpha value is -0.260. The normalized spacial score (nSPS) is 11.4. The van der Waals surface area contributed by atoms with Crippen LogP contribution in [0.1, 0.15) is 97.3 Å². The van der Waals surface area contributed by atoms with Gasteiger partial charge in [0.2, 0.25) is 0 Å². The lowest BCUT2D eigenvalue weighted by molar-refractivity contribution is 0.577. The van der Waals surface area contributed by atoms with Crippen molar-refractivity contribution in [2.24, 2.45) is 0 Å². The Labute approximate surface area is 110 Å². The van der Waals surface area contributed by atoms with E-state index in [1.165, 1.54) is 83.5 Å². The van der Waals surface area contributed by atoms with E-state index in [0.29, 0.717) is 0 Å². The highest BCUT2D eigenvalue weighted by Gasteiger charge is 1.90. The summed E-state index contributed by atoms with van der Waals surface area (Å²) in [5, 5.41) is 0. The fourth-order valence-electron chi connectivity index (χ4n) is 2.14. The molecule has 0 bridgehead atoms. The summed E-state index contributed by atoms with van der Waals surface area (Å²) >= 11 is 0. The summed E-state index contributed by atoms with van der Waals surface area (Å²) in [6.07, 6.45) is 22.9. The molecule has 0 amide bonds. The fourth-order valence-corrected chi connectivity index (χ4v) is 2.14. The first-order chi connectivity index (χ1) is 8.41. The summed E-state index contributed by atoms with van der Waals surface area (Å²) in [6, 6.07) is 0. The topological polar surface area (TPSA) is 0 Å². The molecule has 0 N–H and O–H groups in total. The van der Waals surface area contributed by atoms with Crippen LogP contribution in [0.2, 0.25) is 0 Å². The molecule has 0 heteroatoms. The van der Waals surface area contributed by atoms with E-state index in [9.17, 15) is 0 Å². The van der Waals surface area contributed by atoms with Gasteiger partial charge in [0.05, 0.1) is 0 Å². The molecule has 0 radical (unpaired) electrons. The van der Waals surface area contributed by atoms with Crippen LogP contribution in [0.3, 0.4) is 0 Å². The lowest BCUT2D eigenvalue weighted by Crippen LogP contribution is -1.80. The second-order valence-corrected chi connectivity index (χ2v) is 5.23. The molecule has 0 unspecified atom stereocenters. The van der Waals surface area contributed by atoms with Crippen LogP contribution < -0.4 is 0 Å². The average molecular weight is 238 g/mol. The minimum absolute atomic E-state index is 1.30. The van der Waals surface area contributed by atoms with Crippen LogP contribution in [0.25, 0.3) is 0 Å². The van der Waals surface area contributed by atoms with Crippen molar-refractivity contribution in [3.8, 4) is 0 Å². The van der Waals surface area contributed by atoms with Crippen LogP contribution in [0, 0.1) is 0 Å². The highest BCUT2D eigenvalue weighted by molar-refractivity contribution is 4.81. The first kappa shape index (κ1) is 16.7. The molecule has 0 rings (SSSR count). The maximum Gasteiger partial charge on any atom is -0.0351 e. The van der Waals surface area contributed by atoms with Gasteiger partial charge in [-0.1, -0.05) is 83.8 Å². The SMILES string of the molecule is CCCCC/C=C\CCCCCCCCCC. The van der Waals surface area contributed by atoms with Crippen molar-refractivity contribution in [3.63, 3.8) is 0 Å². The van der Waals surface area contributed by atoms with Crippen LogP contribution in [0.15, 0.2) is 12.2 Å². The molecule has 0 atom stereocenters. The van der Waals surface area contributed by atoms with Gasteiger partial charge in [-0.15, -0.1) is 0 Å². The molecule has 0 spiro atoms. The van der Waals surface area contributed by atoms with Crippen molar-refractivity contribution >= 4 is 0 Å². The highest BCUT2D eigenvalue weighted by Crippen LogP contribution is 2.10. The van der Waals surface area contributed by atoms with Crippen LogP contribution in [-0.2, 0) is 0 Å². The van der Waals surface area contributed by atoms with Gasteiger partial charge in [-0.2, -0.15) is 0 Å². The Bertz CT molecular complexity index is 146. The third kappa shape index (κ3) is 15.7. The zero-order valence-corrected chi connectivity index (χ0v) is 12.3. The molecule has 0 aromatic carbocycles. The molecule has 102 valence electrons. The second-order valence-electron chi connectivity index (χ2n) is 5.23. The van der Waals surface area contributed by atoms with Gasteiger partial charge in [0.25, 0.3) is 0 Å². The zero-order chi connectivity index (χ0) is 12.6. The Kier molecular flexibility index (Phi) is 15.5. The minimum Gasteiger partial charge on any atom is -0.0885 e. The minimum atomic E-state index is 1.30. The van der Waals surface area contributed by atoms with Crippen molar-refractivity contribution in [2.45, 2.75) is 97.3 Å². The molecule has 0 aliphatic carbocycles. The molecular weight excluding hydrogens is 204 g/mol. The summed E-state index contributed by atoms with van der Waals surface area (Å²) in [4.78, 5) is 0. The van der Waals surface area contributed by atoms with E-state index in [4.69, 9.17) is 0 Å². The molecule has 0 heterocycles. The maximum atomic E-state index is 2.40. The standard InChI is InChI=1S/C17H34/c1-3-5-7-9-11-13-15-17-16-14-12-10-8-6-4-2/h11,13H,3-10,12,14-17H2,1-2H3/b13-11-. The lowest BCUT2D eigenvalue weighted by Gasteiger charge is -1.99. The first-order valence-electron chi connectivity index (χ1n) is 8.06. The number of allylic oxidation sites excluding steroid dienone is 2. The number of rotatable bonds is 13. The van der Waals surface area contributed by atoms with E-state index in [1.807, 2.05) is 0 Å². The van der Waals surface area contributed by atoms with Gasteiger partial charge in [0.1, 0.15) is 0 Å². The van der Waals surface area contributed by atoms with Gasteiger partial charge >= 0.3 is 0 Å². The highest BCUT2D eigenvalue weighted by atomic mass is 14.0. The third-order valence-electron chi connectivity index (χ3n) is 3.37. The molecular formula is C17H34. The van der Waals surface area contributed by atoms with E-state index in [2.05, 4.69) is 26.0 Å². The average Bonchev–Trinajstić information content (AvgIpc) is 2.35. The second kappa shape index (κ2) is 15.7. The molecule has 0 aliphatic heterocycles. The summed E-state index contributed by atoms with van der Waals surface area (Å²) in [6.45, 7) is 4.55. The fraction of sp³-hybridized carbons (Fsp3) is 0.882. The van der Waals surface area contributed by atoms with E-state index in [0.717, 1.165) is 0 Å². The lowest BCUT2D eigenvalue weighted by atomic mass is 10.1. The largest absolute Gasteiger partial charge is 0.0885 e. The van der Waals surface area contributed by atoms with Crippen LogP contribution in [0.4, 0.5) is 0 Å². The molecule has 0 nitrogen and oxygen atoms in total. The van der Waals surface area contributed by atoms with Crippen molar-refractivity contribution in [1.29, 1.82) is 0 Å². The summed E-state index contributed by atoms with van der Waals surface area (Å²) in [5.41, 5.74) is 0. The number of hydrogen-bond acceptors (Lipinski definition) is 0. The number of hydrogen-bond donors (Lipinski definition) is 0. The summed E-state index contributed by atoms with van der Waals surface area (Å²) in [7, 11) is 0. The Morgan fingerprint density at radius 2 is 0.824 bits per heavy atom. The van der Waals surface area contributed by atoms with Gasteiger partial charge in [-0.25, -0.2) is 0 Å². The van der Waals surface area contributed by atoms with Gasteiger partial charge in [-0.3, -0.25) is 0 Å². The molecule has 0 saturated carbocycles. The van der Waals surface area contributed by atoms with E-state index < -0.39 is 0 Å². The first-order valence-corrected chi connectivity index (χ1v) is 8.06. The quantitative estimate of drug-likeness (QED) is 0.249. The Morgan fingerprint density at radius 1 is 0.471 bits per heavy atom. The van der Waals surface area contributed by atoms with E-state index >= 15 is 0 Å². The van der Waals surface area contributed by atoms with Crippen molar-refractivity contribution in [3.05, 3.63) is 12.2 Å². The van der Waals surface area contributed by atoms with E-state index in [1.54, 1.807) is 0 Å². The summed E-state index contributed by atoms with van der Waals surface area (Å²) < 4.78 is 0. The Morgan fingerprint density at radius 3 is 1.35 bits per heavy atom. The van der Waals surface area contributed by atoms with Crippen molar-refractivity contribution in [1.82, 2.24) is 0 Å². The van der Waals surface area contributed by atoms with Crippen LogP contribution in [0.5, 0.6) is 0 Å². The molecule has 17 heavy (non-hydrogen) atoms. The maximum absolute atomic E-state index is 2.40. The smallest absolute Gasteiger partial charge is 0.0351 e. The third-order valence-corrected chi connectivity index (χ3v) is 3.37. The molecule has 0 aliphatic rings. The van der Waals surface area contributed by atoms with Crippen molar-refractivity contribution in [2.75, 3.05) is 0 Å². The predicted molar refractivity (Wildman–Crippen MR) is 80.5 cm³/mol. The molecule has 0 fully saturated rings. The van der Waals surface area contributed by atoms with Crippen LogP contribution >= 0.6 is 0 Å². The van der Waals surface area contributed by atoms with Gasteiger partial charge in [0.15, 0.2) is 0 Å². The van der Waals surface area contributed by atoms with Gasteiger partial charge in [0, 0.05) is 0 Å². The van der Waals surface area contributed by atoms with Crippen molar-refractivity contribution < 1.29 is 0 Å². The van der Waals surface area contributed by atoms with Crippen LogP contribution in [-0.4, -0.2) is 0 Å². The van der Waals surface area contributed by atoms with Gasteiger partial charge < -0.3 is 0 Å². The van der Waals surface area contributed by atoms with Gasteiger partial charge in [-0.05, 0) is 25.7 Å². The summed E-state index contributed by atoms with van der Waals surface area (Å²) in [5.74, 6) is 0. The Balaban J connectivity index is 2.97. The van der Waals surface area contributed by atoms with E-state index in [-0.39, 0.29) is 0 Å². The number of unbranched alkanes of at least 4 members (excludes halogenated alkanes) is 11. The molecule has 0 saturated heterocycles. The monoisotopic (exact) mass is 238 g/mol. The molecule has 0 aromatic rings. The zero-order valence-electron chi connectivity index (χ0n) is 12.3. The molecule has 0 aromatic heterocycles.